The molecular weight excluding hydrogens is 260 g/mol. The van der Waals surface area contributed by atoms with E-state index < -0.39 is 5.41 Å². The fourth-order valence-electron chi connectivity index (χ4n) is 3.15. The Labute approximate surface area is 125 Å². The SMILES string of the molecule is Cc1ccc(C2(c3ccc(C)cc3)C[C@@H](C)OC2=O)cc1. The summed E-state index contributed by atoms with van der Waals surface area (Å²) in [6.07, 6.45) is 0.637. The van der Waals surface area contributed by atoms with Crippen molar-refractivity contribution >= 4 is 5.97 Å². The first kappa shape index (κ1) is 13.9. The highest BCUT2D eigenvalue weighted by Gasteiger charge is 2.50. The van der Waals surface area contributed by atoms with E-state index in [1.807, 2.05) is 6.92 Å². The number of carbonyl (C=O) groups is 1. The molecule has 1 aliphatic rings. The maximum Gasteiger partial charge on any atom is 0.321 e. The summed E-state index contributed by atoms with van der Waals surface area (Å²) >= 11 is 0. The van der Waals surface area contributed by atoms with Gasteiger partial charge >= 0.3 is 5.97 Å². The quantitative estimate of drug-likeness (QED) is 0.779. The smallest absolute Gasteiger partial charge is 0.321 e. The molecular formula is C19H20O2. The number of hydrogen-bond acceptors (Lipinski definition) is 2. The van der Waals surface area contributed by atoms with Crippen LogP contribution in [0.5, 0.6) is 0 Å². The van der Waals surface area contributed by atoms with Gasteiger partial charge in [-0.1, -0.05) is 59.7 Å². The van der Waals surface area contributed by atoms with Gasteiger partial charge in [0.1, 0.15) is 11.5 Å². The molecule has 108 valence electrons. The summed E-state index contributed by atoms with van der Waals surface area (Å²) < 4.78 is 5.51. The van der Waals surface area contributed by atoms with Crippen molar-refractivity contribution in [3.63, 3.8) is 0 Å². The molecule has 0 aromatic heterocycles. The van der Waals surface area contributed by atoms with Crippen LogP contribution in [0.4, 0.5) is 0 Å². The topological polar surface area (TPSA) is 26.3 Å². The Morgan fingerprint density at radius 3 is 1.67 bits per heavy atom. The average molecular weight is 280 g/mol. The molecule has 1 aliphatic heterocycles. The van der Waals surface area contributed by atoms with Crippen molar-refractivity contribution in [2.75, 3.05) is 0 Å². The molecule has 1 atom stereocenters. The Morgan fingerprint density at radius 2 is 1.33 bits per heavy atom. The monoisotopic (exact) mass is 280 g/mol. The molecule has 21 heavy (non-hydrogen) atoms. The highest BCUT2D eigenvalue weighted by molar-refractivity contribution is 5.89. The van der Waals surface area contributed by atoms with Crippen LogP contribution in [0, 0.1) is 13.8 Å². The molecule has 0 spiro atoms. The third-order valence-corrected chi connectivity index (χ3v) is 4.34. The molecule has 0 aliphatic carbocycles. The predicted molar refractivity (Wildman–Crippen MR) is 83.3 cm³/mol. The molecule has 0 unspecified atom stereocenters. The number of cyclic esters (lactones) is 1. The number of hydrogen-bond donors (Lipinski definition) is 0. The maximum atomic E-state index is 12.7. The average Bonchev–Trinajstić information content (AvgIpc) is 2.76. The van der Waals surface area contributed by atoms with Gasteiger partial charge in [0.2, 0.25) is 0 Å². The number of esters is 1. The predicted octanol–water partition coefficient (Wildman–Crippen LogP) is 3.92. The lowest BCUT2D eigenvalue weighted by atomic mass is 9.72. The molecule has 0 N–H and O–H groups in total. The van der Waals surface area contributed by atoms with Crippen molar-refractivity contribution in [1.29, 1.82) is 0 Å². The van der Waals surface area contributed by atoms with Crippen LogP contribution in [-0.2, 0) is 14.9 Å². The fraction of sp³-hybridized carbons (Fsp3) is 0.316. The van der Waals surface area contributed by atoms with Gasteiger partial charge in [0.25, 0.3) is 0 Å². The first-order valence-electron chi connectivity index (χ1n) is 7.38. The Hall–Kier alpha value is -2.09. The van der Waals surface area contributed by atoms with Crippen LogP contribution in [0.1, 0.15) is 35.6 Å². The van der Waals surface area contributed by atoms with Gasteiger partial charge in [0.05, 0.1) is 0 Å². The van der Waals surface area contributed by atoms with Crippen molar-refractivity contribution in [2.45, 2.75) is 38.7 Å². The third-order valence-electron chi connectivity index (χ3n) is 4.34. The first-order valence-corrected chi connectivity index (χ1v) is 7.38. The van der Waals surface area contributed by atoms with Crippen LogP contribution in [0.3, 0.4) is 0 Å². The summed E-state index contributed by atoms with van der Waals surface area (Å²) in [4.78, 5) is 12.7. The molecule has 2 aromatic rings. The van der Waals surface area contributed by atoms with Crippen molar-refractivity contribution in [1.82, 2.24) is 0 Å². The van der Waals surface area contributed by atoms with Crippen LogP contribution in [0.25, 0.3) is 0 Å². The second-order valence-electron chi connectivity index (χ2n) is 6.06. The van der Waals surface area contributed by atoms with E-state index in [0.717, 1.165) is 11.1 Å². The summed E-state index contributed by atoms with van der Waals surface area (Å²) in [6, 6.07) is 16.4. The number of rotatable bonds is 2. The minimum Gasteiger partial charge on any atom is -0.462 e. The molecule has 0 bridgehead atoms. The summed E-state index contributed by atoms with van der Waals surface area (Å²) in [5.74, 6) is -0.136. The second kappa shape index (κ2) is 5.03. The fourth-order valence-corrected chi connectivity index (χ4v) is 3.15. The van der Waals surface area contributed by atoms with E-state index in [1.165, 1.54) is 11.1 Å². The van der Waals surface area contributed by atoms with E-state index in [9.17, 15) is 4.79 Å². The minimum atomic E-state index is -0.666. The van der Waals surface area contributed by atoms with Crippen LogP contribution >= 0.6 is 0 Å². The second-order valence-corrected chi connectivity index (χ2v) is 6.06. The third kappa shape index (κ3) is 2.25. The van der Waals surface area contributed by atoms with Crippen LogP contribution in [0.2, 0.25) is 0 Å². The van der Waals surface area contributed by atoms with Crippen molar-refractivity contribution in [3.05, 3.63) is 70.8 Å². The largest absolute Gasteiger partial charge is 0.462 e. The standard InChI is InChI=1S/C19H20O2/c1-13-4-8-16(9-5-13)19(12-15(3)21-18(19)20)17-10-6-14(2)7-11-17/h4-11,15H,12H2,1-3H3/t15-/m1/s1. The highest BCUT2D eigenvalue weighted by Crippen LogP contribution is 2.43. The van der Waals surface area contributed by atoms with Crippen LogP contribution < -0.4 is 0 Å². The summed E-state index contributed by atoms with van der Waals surface area (Å²) in [6.45, 7) is 6.07. The lowest BCUT2D eigenvalue weighted by Gasteiger charge is -2.26. The number of benzene rings is 2. The summed E-state index contributed by atoms with van der Waals surface area (Å²) in [5, 5.41) is 0. The Balaban J connectivity index is 2.18. The number of ether oxygens (including phenoxy) is 1. The van der Waals surface area contributed by atoms with E-state index in [-0.39, 0.29) is 12.1 Å². The molecule has 1 saturated heterocycles. The minimum absolute atomic E-state index is 0.0555. The van der Waals surface area contributed by atoms with Gasteiger partial charge in [0.15, 0.2) is 0 Å². The van der Waals surface area contributed by atoms with Gasteiger partial charge in [-0.05, 0) is 31.9 Å². The van der Waals surface area contributed by atoms with Crippen LogP contribution in [0.15, 0.2) is 48.5 Å². The molecule has 1 fully saturated rings. The van der Waals surface area contributed by atoms with Gasteiger partial charge < -0.3 is 4.74 Å². The van der Waals surface area contributed by atoms with E-state index in [4.69, 9.17) is 4.74 Å². The van der Waals surface area contributed by atoms with Gasteiger partial charge in [-0.3, -0.25) is 4.79 Å². The molecule has 0 amide bonds. The van der Waals surface area contributed by atoms with Gasteiger partial charge in [-0.2, -0.15) is 0 Å². The molecule has 2 aromatic carbocycles. The normalized spacial score (nSPS) is 20.3. The molecule has 2 heteroatoms. The number of aryl methyl sites for hydroxylation is 2. The Kier molecular flexibility index (Phi) is 3.32. The summed E-state index contributed by atoms with van der Waals surface area (Å²) in [7, 11) is 0. The van der Waals surface area contributed by atoms with Crippen molar-refractivity contribution in [3.8, 4) is 0 Å². The lowest BCUT2D eigenvalue weighted by Crippen LogP contribution is -2.33. The molecule has 0 saturated carbocycles. The molecule has 1 heterocycles. The molecule has 3 rings (SSSR count). The zero-order valence-corrected chi connectivity index (χ0v) is 12.7. The zero-order chi connectivity index (χ0) is 15.0. The molecule has 0 radical (unpaired) electrons. The van der Waals surface area contributed by atoms with E-state index in [1.54, 1.807) is 0 Å². The summed E-state index contributed by atoms with van der Waals surface area (Å²) in [5.41, 5.74) is 3.76. The van der Waals surface area contributed by atoms with Gasteiger partial charge in [-0.25, -0.2) is 0 Å². The zero-order valence-electron chi connectivity index (χ0n) is 12.7. The Bertz CT molecular complexity index is 607. The van der Waals surface area contributed by atoms with E-state index >= 15 is 0 Å². The lowest BCUT2D eigenvalue weighted by molar-refractivity contribution is -0.144. The van der Waals surface area contributed by atoms with Crippen molar-refractivity contribution in [2.24, 2.45) is 0 Å². The Morgan fingerprint density at radius 1 is 0.905 bits per heavy atom. The highest BCUT2D eigenvalue weighted by atomic mass is 16.6. The van der Waals surface area contributed by atoms with E-state index in [0.29, 0.717) is 6.42 Å². The van der Waals surface area contributed by atoms with E-state index in [2.05, 4.69) is 62.4 Å². The van der Waals surface area contributed by atoms with Gasteiger partial charge in [-0.15, -0.1) is 0 Å². The maximum absolute atomic E-state index is 12.7. The van der Waals surface area contributed by atoms with Crippen LogP contribution in [-0.4, -0.2) is 12.1 Å². The van der Waals surface area contributed by atoms with Crippen molar-refractivity contribution < 1.29 is 9.53 Å². The van der Waals surface area contributed by atoms with Gasteiger partial charge in [0, 0.05) is 6.42 Å². The number of carbonyl (C=O) groups excluding carboxylic acids is 1. The first-order chi connectivity index (χ1) is 10.0. The molecule has 2 nitrogen and oxygen atoms in total.